The Labute approximate surface area is 146 Å². The molecule has 1 amide bonds. The summed E-state index contributed by atoms with van der Waals surface area (Å²) in [6.45, 7) is 1.65. The quantitative estimate of drug-likeness (QED) is 0.512. The van der Waals surface area contributed by atoms with Crippen LogP contribution in [0.1, 0.15) is 11.1 Å². The van der Waals surface area contributed by atoms with Gasteiger partial charge in [-0.15, -0.1) is 0 Å². The monoisotopic (exact) mass is 357 g/mol. The number of nitro groups is 1. The van der Waals surface area contributed by atoms with Crippen LogP contribution in [0.5, 0.6) is 0 Å². The van der Waals surface area contributed by atoms with Gasteiger partial charge < -0.3 is 5.32 Å². The van der Waals surface area contributed by atoms with Gasteiger partial charge in [0.1, 0.15) is 5.82 Å². The van der Waals surface area contributed by atoms with Crippen molar-refractivity contribution in [1.82, 2.24) is 5.32 Å². The van der Waals surface area contributed by atoms with Crippen LogP contribution in [0.3, 0.4) is 0 Å². The third kappa shape index (κ3) is 3.92. The maximum Gasteiger partial charge on any atom is 0.272 e. The number of carbonyl (C=O) groups is 1. The summed E-state index contributed by atoms with van der Waals surface area (Å²) in [6.07, 6.45) is 1.57. The van der Waals surface area contributed by atoms with Crippen LogP contribution in [0.15, 0.2) is 52.4 Å². The second-order valence-corrected chi connectivity index (χ2v) is 6.29. The molecule has 0 saturated carbocycles. The Balaban J connectivity index is 1.85. The predicted octanol–water partition coefficient (Wildman–Crippen LogP) is 3.93. The van der Waals surface area contributed by atoms with Gasteiger partial charge >= 0.3 is 0 Å². The van der Waals surface area contributed by atoms with E-state index in [9.17, 15) is 19.3 Å². The standard InChI is InChI=1S/C17H12FN3O3S/c1-10-2-3-11(8-14(10)21(23)24)9-15-16(22)20-17(25-15)19-13-6-4-12(18)5-7-13/h2-9H,1H3,(H,19,20,22)/b15-9+. The molecule has 126 valence electrons. The van der Waals surface area contributed by atoms with Crippen LogP contribution >= 0.6 is 11.8 Å². The summed E-state index contributed by atoms with van der Waals surface area (Å²) in [5, 5.41) is 14.0. The number of nitrogens with zero attached hydrogens (tertiary/aromatic N) is 2. The third-order valence-electron chi connectivity index (χ3n) is 3.44. The molecule has 1 aliphatic heterocycles. The Bertz CT molecular complexity index is 923. The van der Waals surface area contributed by atoms with Crippen molar-refractivity contribution in [2.45, 2.75) is 6.92 Å². The summed E-state index contributed by atoms with van der Waals surface area (Å²) in [7, 11) is 0. The molecule has 0 atom stereocenters. The van der Waals surface area contributed by atoms with Gasteiger partial charge in [0.2, 0.25) is 0 Å². The molecule has 8 heteroatoms. The fourth-order valence-electron chi connectivity index (χ4n) is 2.18. The Morgan fingerprint density at radius 3 is 2.64 bits per heavy atom. The molecule has 1 heterocycles. The smallest absolute Gasteiger partial charge is 0.272 e. The zero-order valence-corrected chi connectivity index (χ0v) is 13.8. The van der Waals surface area contributed by atoms with E-state index in [-0.39, 0.29) is 17.4 Å². The van der Waals surface area contributed by atoms with Crippen molar-refractivity contribution in [3.8, 4) is 0 Å². The number of aryl methyl sites for hydroxylation is 1. The van der Waals surface area contributed by atoms with E-state index in [1.54, 1.807) is 25.1 Å². The van der Waals surface area contributed by atoms with E-state index >= 15 is 0 Å². The summed E-state index contributed by atoms with van der Waals surface area (Å²) in [5.74, 6) is -0.706. The lowest BCUT2D eigenvalue weighted by atomic mass is 10.1. The Kier molecular flexibility index (Phi) is 4.62. The molecular weight excluding hydrogens is 345 g/mol. The molecule has 0 spiro atoms. The lowest BCUT2D eigenvalue weighted by Crippen LogP contribution is -2.19. The van der Waals surface area contributed by atoms with Crippen molar-refractivity contribution < 1.29 is 14.1 Å². The average Bonchev–Trinajstić information content (AvgIpc) is 2.90. The van der Waals surface area contributed by atoms with Crippen LogP contribution in [0.4, 0.5) is 15.8 Å². The van der Waals surface area contributed by atoms with Crippen LogP contribution in [0.2, 0.25) is 0 Å². The molecule has 0 bridgehead atoms. The molecule has 2 aromatic rings. The van der Waals surface area contributed by atoms with Gasteiger partial charge in [0.15, 0.2) is 5.17 Å². The Hall–Kier alpha value is -3.00. The molecule has 0 unspecified atom stereocenters. The SMILES string of the molecule is Cc1ccc(/C=C2/SC(=Nc3ccc(F)cc3)NC2=O)cc1[N+](=O)[O-]. The molecule has 3 rings (SSSR count). The van der Waals surface area contributed by atoms with Crippen LogP contribution in [-0.4, -0.2) is 16.0 Å². The summed E-state index contributed by atoms with van der Waals surface area (Å²) in [4.78, 5) is 27.2. The lowest BCUT2D eigenvalue weighted by molar-refractivity contribution is -0.385. The number of benzene rings is 2. The number of amidine groups is 1. The second-order valence-electron chi connectivity index (χ2n) is 5.26. The number of carbonyl (C=O) groups excluding carboxylic acids is 1. The maximum absolute atomic E-state index is 12.9. The van der Waals surface area contributed by atoms with Gasteiger partial charge in [-0.3, -0.25) is 14.9 Å². The molecule has 1 N–H and O–H groups in total. The summed E-state index contributed by atoms with van der Waals surface area (Å²) in [5.41, 5.74) is 1.61. The number of aliphatic imine (C=N–C) groups is 1. The van der Waals surface area contributed by atoms with E-state index in [2.05, 4.69) is 10.3 Å². The highest BCUT2D eigenvalue weighted by Crippen LogP contribution is 2.29. The van der Waals surface area contributed by atoms with Gasteiger partial charge in [-0.2, -0.15) is 0 Å². The first kappa shape index (κ1) is 16.8. The minimum Gasteiger partial charge on any atom is -0.300 e. The molecular formula is C17H12FN3O3S. The molecule has 6 nitrogen and oxygen atoms in total. The van der Waals surface area contributed by atoms with Gasteiger partial charge in [0, 0.05) is 11.6 Å². The van der Waals surface area contributed by atoms with Crippen molar-refractivity contribution in [3.05, 3.63) is 74.4 Å². The molecule has 0 radical (unpaired) electrons. The summed E-state index contributed by atoms with van der Waals surface area (Å²) >= 11 is 1.12. The molecule has 0 aromatic heterocycles. The lowest BCUT2D eigenvalue weighted by Gasteiger charge is -1.99. The van der Waals surface area contributed by atoms with E-state index in [0.29, 0.717) is 26.9 Å². The second kappa shape index (κ2) is 6.86. The highest BCUT2D eigenvalue weighted by molar-refractivity contribution is 8.18. The minimum atomic E-state index is -0.458. The summed E-state index contributed by atoms with van der Waals surface area (Å²) in [6, 6.07) is 10.3. The molecule has 0 aliphatic carbocycles. The van der Waals surface area contributed by atoms with Crippen molar-refractivity contribution in [3.63, 3.8) is 0 Å². The molecule has 1 aliphatic rings. The normalized spacial score (nSPS) is 17.1. The minimum absolute atomic E-state index is 0.00189. The van der Waals surface area contributed by atoms with Crippen LogP contribution in [-0.2, 0) is 4.79 Å². The van der Waals surface area contributed by atoms with E-state index in [0.717, 1.165) is 11.8 Å². The predicted molar refractivity (Wildman–Crippen MR) is 95.0 cm³/mol. The van der Waals surface area contributed by atoms with Crippen molar-refractivity contribution in [1.29, 1.82) is 0 Å². The number of halogens is 1. The van der Waals surface area contributed by atoms with Gasteiger partial charge in [-0.25, -0.2) is 9.38 Å². The number of nitrogens with one attached hydrogen (secondary N) is 1. The third-order valence-corrected chi connectivity index (χ3v) is 4.35. The fraction of sp³-hybridized carbons (Fsp3) is 0.0588. The zero-order valence-electron chi connectivity index (χ0n) is 13.0. The van der Waals surface area contributed by atoms with Crippen LogP contribution in [0, 0.1) is 22.9 Å². The molecule has 2 aromatic carbocycles. The first-order valence-electron chi connectivity index (χ1n) is 7.22. The fourth-order valence-corrected chi connectivity index (χ4v) is 3.02. The van der Waals surface area contributed by atoms with E-state index in [1.165, 1.54) is 30.3 Å². The molecule has 1 fully saturated rings. The van der Waals surface area contributed by atoms with Crippen LogP contribution < -0.4 is 5.32 Å². The number of thioether (sulfide) groups is 1. The topological polar surface area (TPSA) is 84.6 Å². The van der Waals surface area contributed by atoms with E-state index < -0.39 is 4.92 Å². The summed E-state index contributed by atoms with van der Waals surface area (Å²) < 4.78 is 12.9. The number of hydrogen-bond acceptors (Lipinski definition) is 5. The highest BCUT2D eigenvalue weighted by Gasteiger charge is 2.24. The van der Waals surface area contributed by atoms with Gasteiger partial charge in [0.05, 0.1) is 15.5 Å². The Morgan fingerprint density at radius 1 is 1.24 bits per heavy atom. The first-order chi connectivity index (χ1) is 11.9. The van der Waals surface area contributed by atoms with E-state index in [4.69, 9.17) is 0 Å². The number of hydrogen-bond donors (Lipinski definition) is 1. The maximum atomic E-state index is 12.9. The van der Waals surface area contributed by atoms with Gasteiger partial charge in [-0.05, 0) is 54.6 Å². The van der Waals surface area contributed by atoms with Crippen molar-refractivity contribution in [2.24, 2.45) is 4.99 Å². The van der Waals surface area contributed by atoms with Gasteiger partial charge in [-0.1, -0.05) is 12.1 Å². The van der Waals surface area contributed by atoms with Gasteiger partial charge in [0.25, 0.3) is 11.6 Å². The van der Waals surface area contributed by atoms with Crippen molar-refractivity contribution >= 4 is 40.3 Å². The number of rotatable bonds is 3. The highest BCUT2D eigenvalue weighted by atomic mass is 32.2. The number of amides is 1. The largest absolute Gasteiger partial charge is 0.300 e. The Morgan fingerprint density at radius 2 is 1.96 bits per heavy atom. The average molecular weight is 357 g/mol. The zero-order chi connectivity index (χ0) is 18.0. The number of nitro benzene ring substituents is 1. The van der Waals surface area contributed by atoms with E-state index in [1.807, 2.05) is 0 Å². The first-order valence-corrected chi connectivity index (χ1v) is 8.04. The molecule has 1 saturated heterocycles. The van der Waals surface area contributed by atoms with Crippen molar-refractivity contribution in [2.75, 3.05) is 0 Å². The molecule has 25 heavy (non-hydrogen) atoms. The van der Waals surface area contributed by atoms with Crippen LogP contribution in [0.25, 0.3) is 6.08 Å².